The molecule has 134 valence electrons. The fourth-order valence-corrected chi connectivity index (χ4v) is 1.99. The fraction of sp³-hybridized carbons (Fsp3) is 0.188. The third-order valence-electron chi connectivity index (χ3n) is 2.99. The topological polar surface area (TPSA) is 56.8 Å². The number of nitrogens with one attached hydrogen (secondary N) is 1. The average molecular weight is 359 g/mol. The van der Waals surface area contributed by atoms with Gasteiger partial charge in [-0.3, -0.25) is 4.79 Å². The first kappa shape index (κ1) is 18.4. The summed E-state index contributed by atoms with van der Waals surface area (Å²) in [6.07, 6.45) is 0. The zero-order chi connectivity index (χ0) is 18.4. The van der Waals surface area contributed by atoms with Crippen molar-refractivity contribution < 1.29 is 36.6 Å². The van der Waals surface area contributed by atoms with Crippen LogP contribution in [-0.2, 0) is 0 Å². The van der Waals surface area contributed by atoms with Gasteiger partial charge in [0.25, 0.3) is 5.91 Å². The minimum absolute atomic E-state index is 0.0414. The molecule has 0 bridgehead atoms. The van der Waals surface area contributed by atoms with Crippen LogP contribution < -0.4 is 19.5 Å². The lowest BCUT2D eigenvalue weighted by atomic mass is 10.2. The molecule has 9 heteroatoms. The summed E-state index contributed by atoms with van der Waals surface area (Å²) in [6, 6.07) is 9.20. The molecular weight excluding hydrogens is 346 g/mol. The van der Waals surface area contributed by atoms with Crippen LogP contribution in [-0.4, -0.2) is 26.2 Å². The van der Waals surface area contributed by atoms with E-state index in [1.165, 1.54) is 43.5 Å². The van der Waals surface area contributed by atoms with Crippen LogP contribution in [0.2, 0.25) is 0 Å². The second-order valence-electron chi connectivity index (χ2n) is 4.57. The van der Waals surface area contributed by atoms with Crippen LogP contribution in [0, 0.1) is 0 Å². The van der Waals surface area contributed by atoms with Gasteiger partial charge in [0.15, 0.2) is 11.5 Å². The van der Waals surface area contributed by atoms with Crippen molar-refractivity contribution in [3.8, 4) is 17.2 Å². The maximum absolute atomic E-state index is 12.4. The molecule has 1 N–H and O–H groups in total. The number of ether oxygens (including phenoxy) is 3. The Morgan fingerprint density at radius 3 is 2.20 bits per heavy atom. The van der Waals surface area contributed by atoms with Gasteiger partial charge in [0.05, 0.1) is 12.7 Å². The van der Waals surface area contributed by atoms with Gasteiger partial charge in [0, 0.05) is 11.8 Å². The number of amides is 1. The zero-order valence-corrected chi connectivity index (χ0v) is 12.8. The Kier molecular flexibility index (Phi) is 6.04. The van der Waals surface area contributed by atoms with E-state index in [2.05, 4.69) is 14.8 Å². The van der Waals surface area contributed by atoms with Crippen molar-refractivity contribution in [1.29, 1.82) is 0 Å². The maximum Gasteiger partial charge on any atom is 0.387 e. The van der Waals surface area contributed by atoms with E-state index in [1.807, 2.05) is 0 Å². The maximum atomic E-state index is 12.4. The molecule has 5 nitrogen and oxygen atoms in total. The highest BCUT2D eigenvalue weighted by Crippen LogP contribution is 2.32. The fourth-order valence-electron chi connectivity index (χ4n) is 1.99. The molecule has 0 aliphatic carbocycles. The summed E-state index contributed by atoms with van der Waals surface area (Å²) in [5.41, 5.74) is -0.0387. The second-order valence-corrected chi connectivity index (χ2v) is 4.57. The molecule has 0 aromatic heterocycles. The number of halogens is 4. The molecule has 0 aliphatic heterocycles. The van der Waals surface area contributed by atoms with Gasteiger partial charge in [0.1, 0.15) is 5.75 Å². The van der Waals surface area contributed by atoms with E-state index in [-0.39, 0.29) is 28.5 Å². The Bertz CT molecular complexity index is 740. The first-order chi connectivity index (χ1) is 11.9. The summed E-state index contributed by atoms with van der Waals surface area (Å²) >= 11 is 0. The molecule has 0 fully saturated rings. The van der Waals surface area contributed by atoms with E-state index < -0.39 is 19.1 Å². The lowest BCUT2D eigenvalue weighted by Crippen LogP contribution is -2.15. The van der Waals surface area contributed by atoms with Crippen molar-refractivity contribution in [3.63, 3.8) is 0 Å². The molecule has 2 rings (SSSR count). The molecule has 0 atom stereocenters. The van der Waals surface area contributed by atoms with E-state index in [9.17, 15) is 22.4 Å². The zero-order valence-electron chi connectivity index (χ0n) is 12.8. The summed E-state index contributed by atoms with van der Waals surface area (Å²) in [4.78, 5) is 12.2. The second kappa shape index (κ2) is 8.22. The molecule has 1 amide bonds. The number of rotatable bonds is 7. The number of methoxy groups -OCH3 is 1. The Hall–Kier alpha value is -2.97. The summed E-state index contributed by atoms with van der Waals surface area (Å²) in [6.45, 7) is -6.18. The number of anilines is 1. The number of alkyl halides is 4. The lowest BCUT2D eigenvalue weighted by Gasteiger charge is -2.13. The monoisotopic (exact) mass is 359 g/mol. The van der Waals surface area contributed by atoms with Crippen LogP contribution in [0.5, 0.6) is 17.2 Å². The predicted octanol–water partition coefficient (Wildman–Crippen LogP) is 4.15. The van der Waals surface area contributed by atoms with Crippen LogP contribution in [0.1, 0.15) is 10.4 Å². The first-order valence-electron chi connectivity index (χ1n) is 6.88. The van der Waals surface area contributed by atoms with Gasteiger partial charge in [-0.25, -0.2) is 0 Å². The number of hydrogen-bond donors (Lipinski definition) is 1. The molecule has 0 saturated carbocycles. The van der Waals surface area contributed by atoms with Crippen LogP contribution in [0.25, 0.3) is 0 Å². The third-order valence-corrected chi connectivity index (χ3v) is 2.99. The standard InChI is InChI=1S/C16H13F4NO4/c1-23-12-7-6-9(8-13(12)25-16(19)20)21-14(22)10-4-2-3-5-11(10)24-15(17)18/h2-8,15-16H,1H3,(H,21,22). The molecule has 0 spiro atoms. The van der Waals surface area contributed by atoms with Gasteiger partial charge in [0.2, 0.25) is 0 Å². The number of benzene rings is 2. The van der Waals surface area contributed by atoms with Gasteiger partial charge in [-0.2, -0.15) is 17.6 Å². The Balaban J connectivity index is 2.23. The summed E-state index contributed by atoms with van der Waals surface area (Å²) in [5.74, 6) is -1.32. The molecule has 0 aliphatic rings. The van der Waals surface area contributed by atoms with Crippen molar-refractivity contribution in [2.45, 2.75) is 13.2 Å². The van der Waals surface area contributed by atoms with Crippen molar-refractivity contribution in [2.75, 3.05) is 12.4 Å². The summed E-state index contributed by atoms with van der Waals surface area (Å²) in [5, 5.41) is 2.39. The van der Waals surface area contributed by atoms with Crippen LogP contribution in [0.4, 0.5) is 23.2 Å². The van der Waals surface area contributed by atoms with Crippen molar-refractivity contribution in [3.05, 3.63) is 48.0 Å². The van der Waals surface area contributed by atoms with Crippen molar-refractivity contribution in [1.82, 2.24) is 0 Å². The van der Waals surface area contributed by atoms with Crippen LogP contribution in [0.15, 0.2) is 42.5 Å². The van der Waals surface area contributed by atoms with E-state index in [1.54, 1.807) is 0 Å². The third kappa shape index (κ3) is 5.00. The first-order valence-corrected chi connectivity index (χ1v) is 6.88. The molecule has 2 aromatic rings. The molecule has 0 radical (unpaired) electrons. The van der Waals surface area contributed by atoms with E-state index in [0.29, 0.717) is 0 Å². The highest BCUT2D eigenvalue weighted by molar-refractivity contribution is 6.06. The van der Waals surface area contributed by atoms with Gasteiger partial charge in [-0.15, -0.1) is 0 Å². The Morgan fingerprint density at radius 1 is 0.920 bits per heavy atom. The van der Waals surface area contributed by atoms with Crippen LogP contribution >= 0.6 is 0 Å². The minimum Gasteiger partial charge on any atom is -0.493 e. The number of carbonyl (C=O) groups is 1. The molecule has 25 heavy (non-hydrogen) atoms. The SMILES string of the molecule is COc1ccc(NC(=O)c2ccccc2OC(F)F)cc1OC(F)F. The average Bonchev–Trinajstić information content (AvgIpc) is 2.54. The summed E-state index contributed by atoms with van der Waals surface area (Å²) in [7, 11) is 1.27. The van der Waals surface area contributed by atoms with E-state index >= 15 is 0 Å². The molecule has 0 saturated heterocycles. The molecule has 0 heterocycles. The normalized spacial score (nSPS) is 10.7. The quantitative estimate of drug-likeness (QED) is 0.755. The van der Waals surface area contributed by atoms with E-state index in [4.69, 9.17) is 4.74 Å². The Labute approximate surface area is 140 Å². The highest BCUT2D eigenvalue weighted by atomic mass is 19.3. The lowest BCUT2D eigenvalue weighted by molar-refractivity contribution is -0.0514. The van der Waals surface area contributed by atoms with Gasteiger partial charge in [-0.05, 0) is 24.3 Å². The van der Waals surface area contributed by atoms with Gasteiger partial charge >= 0.3 is 13.2 Å². The smallest absolute Gasteiger partial charge is 0.387 e. The predicted molar refractivity (Wildman–Crippen MR) is 80.7 cm³/mol. The summed E-state index contributed by atoms with van der Waals surface area (Å²) < 4.78 is 63.1. The van der Waals surface area contributed by atoms with Gasteiger partial charge < -0.3 is 19.5 Å². The molecule has 2 aromatic carbocycles. The Morgan fingerprint density at radius 2 is 1.56 bits per heavy atom. The number of hydrogen-bond acceptors (Lipinski definition) is 4. The van der Waals surface area contributed by atoms with Crippen molar-refractivity contribution in [2.24, 2.45) is 0 Å². The largest absolute Gasteiger partial charge is 0.493 e. The molecular formula is C16H13F4NO4. The minimum atomic E-state index is -3.10. The number of para-hydroxylation sites is 1. The number of carbonyl (C=O) groups excluding carboxylic acids is 1. The van der Waals surface area contributed by atoms with Crippen LogP contribution in [0.3, 0.4) is 0 Å². The van der Waals surface area contributed by atoms with Gasteiger partial charge in [-0.1, -0.05) is 12.1 Å². The molecule has 0 unspecified atom stereocenters. The van der Waals surface area contributed by atoms with Crippen molar-refractivity contribution >= 4 is 11.6 Å². The van der Waals surface area contributed by atoms with E-state index in [0.717, 1.165) is 6.07 Å². The highest BCUT2D eigenvalue weighted by Gasteiger charge is 2.17.